The molecule has 2 aliphatic rings. The number of hydrogen-bond acceptors (Lipinski definition) is 5. The number of carbonyl (C=O) groups is 2. The minimum atomic E-state index is -0.834. The van der Waals surface area contributed by atoms with Gasteiger partial charge >= 0.3 is 5.97 Å². The van der Waals surface area contributed by atoms with E-state index in [1.165, 1.54) is 26.4 Å². The Kier molecular flexibility index (Phi) is 5.84. The number of amides is 1. The minimum absolute atomic E-state index is 0.0784. The summed E-state index contributed by atoms with van der Waals surface area (Å²) in [5.74, 6) is -1.99. The number of rotatable bonds is 5. The molecule has 2 saturated heterocycles. The van der Waals surface area contributed by atoms with Crippen LogP contribution in [0.2, 0.25) is 0 Å². The van der Waals surface area contributed by atoms with Crippen LogP contribution in [-0.4, -0.2) is 61.9 Å². The van der Waals surface area contributed by atoms with Gasteiger partial charge in [0.05, 0.1) is 26.2 Å². The predicted molar refractivity (Wildman–Crippen MR) is 93.6 cm³/mol. The molecule has 1 aromatic carbocycles. The summed E-state index contributed by atoms with van der Waals surface area (Å²) in [6.45, 7) is 1.28. The molecular formula is C19H24FNO6. The zero-order valence-corrected chi connectivity index (χ0v) is 15.4. The Balaban J connectivity index is 1.72. The number of methoxy groups -OCH3 is 2. The number of likely N-dealkylation sites (tertiary alicyclic amines) is 1. The van der Waals surface area contributed by atoms with Crippen LogP contribution in [0.15, 0.2) is 12.1 Å². The lowest BCUT2D eigenvalue weighted by Crippen LogP contribution is -2.43. The Bertz CT molecular complexity index is 716. The predicted octanol–water partition coefficient (Wildman–Crippen LogP) is 2.18. The van der Waals surface area contributed by atoms with E-state index in [1.807, 2.05) is 0 Å². The van der Waals surface area contributed by atoms with Gasteiger partial charge in [0, 0.05) is 19.7 Å². The first-order chi connectivity index (χ1) is 13.0. The Morgan fingerprint density at radius 2 is 1.89 bits per heavy atom. The van der Waals surface area contributed by atoms with Gasteiger partial charge in [-0.05, 0) is 37.3 Å². The number of hydrogen-bond donors (Lipinski definition) is 1. The van der Waals surface area contributed by atoms with Crippen molar-refractivity contribution in [1.82, 2.24) is 4.90 Å². The molecule has 1 amide bonds. The molecule has 0 radical (unpaired) electrons. The van der Waals surface area contributed by atoms with Crippen LogP contribution in [0.3, 0.4) is 0 Å². The van der Waals surface area contributed by atoms with E-state index < -0.39 is 23.6 Å². The molecule has 7 nitrogen and oxygen atoms in total. The molecule has 2 fully saturated rings. The minimum Gasteiger partial charge on any atom is -0.493 e. The van der Waals surface area contributed by atoms with Crippen molar-refractivity contribution >= 4 is 11.9 Å². The van der Waals surface area contributed by atoms with Crippen LogP contribution in [0, 0.1) is 17.7 Å². The van der Waals surface area contributed by atoms with E-state index in [4.69, 9.17) is 14.2 Å². The average Bonchev–Trinajstić information content (AvgIpc) is 3.17. The zero-order chi connectivity index (χ0) is 19.6. The molecule has 8 heteroatoms. The monoisotopic (exact) mass is 381 g/mol. The van der Waals surface area contributed by atoms with Crippen LogP contribution < -0.4 is 9.47 Å². The summed E-state index contributed by atoms with van der Waals surface area (Å²) in [6.07, 6.45) is 1.44. The summed E-state index contributed by atoms with van der Waals surface area (Å²) in [4.78, 5) is 25.8. The van der Waals surface area contributed by atoms with Gasteiger partial charge in [0.1, 0.15) is 11.4 Å². The first kappa shape index (κ1) is 19.4. The number of benzene rings is 1. The number of carbonyl (C=O) groups excluding carboxylic acids is 1. The lowest BCUT2D eigenvalue weighted by atomic mass is 9.84. The summed E-state index contributed by atoms with van der Waals surface area (Å²) in [7, 11) is 2.79. The number of piperidine rings is 1. The van der Waals surface area contributed by atoms with Gasteiger partial charge in [-0.1, -0.05) is 0 Å². The standard InChI is InChI=1S/C19H24FNO6/c1-25-14-4-3-13(20)15(17(14)26-2)18(22)21-8-5-11(6-9-21)16-12(19(23)24)7-10-27-16/h3-4,11-12,16H,5-10H2,1-2H3,(H,23,24)/t12?,16-/m0/s1. The average molecular weight is 381 g/mol. The molecule has 3 rings (SSSR count). The van der Waals surface area contributed by atoms with Crippen molar-refractivity contribution in [2.75, 3.05) is 33.9 Å². The molecule has 0 bridgehead atoms. The van der Waals surface area contributed by atoms with Crippen LogP contribution in [0.5, 0.6) is 11.5 Å². The van der Waals surface area contributed by atoms with Gasteiger partial charge in [0.25, 0.3) is 5.91 Å². The molecule has 148 valence electrons. The second kappa shape index (κ2) is 8.12. The van der Waals surface area contributed by atoms with E-state index in [-0.39, 0.29) is 23.3 Å². The van der Waals surface area contributed by atoms with E-state index in [0.717, 1.165) is 0 Å². The highest BCUT2D eigenvalue weighted by molar-refractivity contribution is 5.98. The van der Waals surface area contributed by atoms with Crippen molar-refractivity contribution in [3.05, 3.63) is 23.5 Å². The quantitative estimate of drug-likeness (QED) is 0.842. The third kappa shape index (κ3) is 3.71. The fourth-order valence-corrected chi connectivity index (χ4v) is 4.03. The van der Waals surface area contributed by atoms with E-state index in [1.54, 1.807) is 4.90 Å². The molecule has 27 heavy (non-hydrogen) atoms. The summed E-state index contributed by atoms with van der Waals surface area (Å²) >= 11 is 0. The van der Waals surface area contributed by atoms with Crippen molar-refractivity contribution in [2.45, 2.75) is 25.4 Å². The summed E-state index contributed by atoms with van der Waals surface area (Å²) in [5.41, 5.74) is -0.143. The first-order valence-electron chi connectivity index (χ1n) is 9.02. The molecule has 2 atom stereocenters. The largest absolute Gasteiger partial charge is 0.493 e. The molecule has 1 aromatic rings. The Hall–Kier alpha value is -2.35. The molecule has 2 heterocycles. The van der Waals surface area contributed by atoms with E-state index in [2.05, 4.69) is 0 Å². The normalized spacial score (nSPS) is 23.3. The fourth-order valence-electron chi connectivity index (χ4n) is 4.03. The summed E-state index contributed by atoms with van der Waals surface area (Å²) in [5, 5.41) is 9.33. The third-order valence-electron chi connectivity index (χ3n) is 5.45. The Labute approximate surface area is 157 Å². The van der Waals surface area contributed by atoms with Crippen LogP contribution in [-0.2, 0) is 9.53 Å². The molecule has 0 spiro atoms. The van der Waals surface area contributed by atoms with Gasteiger partial charge in [-0.25, -0.2) is 4.39 Å². The van der Waals surface area contributed by atoms with Crippen LogP contribution in [0.4, 0.5) is 4.39 Å². The molecule has 0 aromatic heterocycles. The van der Waals surface area contributed by atoms with E-state index >= 15 is 0 Å². The van der Waals surface area contributed by atoms with Crippen molar-refractivity contribution in [3.8, 4) is 11.5 Å². The number of nitrogens with zero attached hydrogens (tertiary/aromatic N) is 1. The van der Waals surface area contributed by atoms with Crippen molar-refractivity contribution in [1.29, 1.82) is 0 Å². The van der Waals surface area contributed by atoms with Gasteiger partial charge in [-0.3, -0.25) is 9.59 Å². The second-order valence-electron chi connectivity index (χ2n) is 6.86. The van der Waals surface area contributed by atoms with E-state index in [9.17, 15) is 19.1 Å². The van der Waals surface area contributed by atoms with Gasteiger partial charge in [0.2, 0.25) is 0 Å². The summed E-state index contributed by atoms with van der Waals surface area (Å²) in [6, 6.07) is 2.60. The van der Waals surface area contributed by atoms with Crippen LogP contribution in [0.1, 0.15) is 29.6 Å². The highest BCUT2D eigenvalue weighted by Crippen LogP contribution is 2.36. The second-order valence-corrected chi connectivity index (χ2v) is 6.86. The van der Waals surface area contributed by atoms with Crippen molar-refractivity contribution in [3.63, 3.8) is 0 Å². The number of carboxylic acids is 1. The van der Waals surface area contributed by atoms with Crippen molar-refractivity contribution in [2.24, 2.45) is 11.8 Å². The SMILES string of the molecule is COc1ccc(F)c(C(=O)N2CCC([C@@H]3OCCC3C(=O)O)CC2)c1OC. The highest BCUT2D eigenvalue weighted by Gasteiger charge is 2.41. The van der Waals surface area contributed by atoms with Crippen molar-refractivity contribution < 1.29 is 33.3 Å². The Morgan fingerprint density at radius 1 is 1.19 bits per heavy atom. The molecule has 1 N–H and O–H groups in total. The van der Waals surface area contributed by atoms with Gasteiger partial charge in [0.15, 0.2) is 11.5 Å². The zero-order valence-electron chi connectivity index (χ0n) is 15.4. The lowest BCUT2D eigenvalue weighted by Gasteiger charge is -2.35. The molecule has 2 aliphatic heterocycles. The maximum atomic E-state index is 14.4. The molecule has 0 saturated carbocycles. The Morgan fingerprint density at radius 3 is 2.48 bits per heavy atom. The summed E-state index contributed by atoms with van der Waals surface area (Å²) < 4.78 is 30.4. The van der Waals surface area contributed by atoms with Crippen LogP contribution in [0.25, 0.3) is 0 Å². The van der Waals surface area contributed by atoms with Gasteiger partial charge < -0.3 is 24.2 Å². The highest BCUT2D eigenvalue weighted by atomic mass is 19.1. The topological polar surface area (TPSA) is 85.3 Å². The molecular weight excluding hydrogens is 357 g/mol. The molecule has 0 aliphatic carbocycles. The van der Waals surface area contributed by atoms with Gasteiger partial charge in [-0.15, -0.1) is 0 Å². The van der Waals surface area contributed by atoms with Gasteiger partial charge in [-0.2, -0.15) is 0 Å². The third-order valence-corrected chi connectivity index (χ3v) is 5.45. The van der Waals surface area contributed by atoms with E-state index in [0.29, 0.717) is 44.7 Å². The number of aliphatic carboxylic acids is 1. The maximum Gasteiger partial charge on any atom is 0.309 e. The lowest BCUT2D eigenvalue weighted by molar-refractivity contribution is -0.145. The number of halogens is 1. The number of carboxylic acid groups (broad SMARTS) is 1. The molecule has 1 unspecified atom stereocenters. The maximum absolute atomic E-state index is 14.4. The first-order valence-corrected chi connectivity index (χ1v) is 9.02. The van der Waals surface area contributed by atoms with Crippen LogP contribution >= 0.6 is 0 Å². The fraction of sp³-hybridized carbons (Fsp3) is 0.579. The number of ether oxygens (including phenoxy) is 3. The smallest absolute Gasteiger partial charge is 0.309 e.